The average Bonchev–Trinajstić information content (AvgIpc) is 3.36. The van der Waals surface area contributed by atoms with Crippen molar-refractivity contribution in [2.75, 3.05) is 0 Å². The van der Waals surface area contributed by atoms with Crippen LogP contribution in [0.15, 0.2) is 54.6 Å². The summed E-state index contributed by atoms with van der Waals surface area (Å²) in [6.45, 7) is 2.84. The monoisotopic (exact) mass is 293 g/mol. The van der Waals surface area contributed by atoms with Gasteiger partial charge in [0.15, 0.2) is 0 Å². The highest BCUT2D eigenvalue weighted by molar-refractivity contribution is 5.77. The molecule has 2 aromatic carbocycles. The Balaban J connectivity index is 1.61. The van der Waals surface area contributed by atoms with Crippen molar-refractivity contribution in [3.63, 3.8) is 0 Å². The van der Waals surface area contributed by atoms with E-state index >= 15 is 0 Å². The van der Waals surface area contributed by atoms with Gasteiger partial charge in [-0.1, -0.05) is 60.2 Å². The number of amides is 1. The van der Waals surface area contributed by atoms with Gasteiger partial charge in [0.1, 0.15) is 0 Å². The van der Waals surface area contributed by atoms with Crippen molar-refractivity contribution < 1.29 is 4.79 Å². The molecule has 114 valence electrons. The fourth-order valence-corrected chi connectivity index (χ4v) is 2.85. The Morgan fingerprint density at radius 1 is 1.05 bits per heavy atom. The highest BCUT2D eigenvalue weighted by Crippen LogP contribution is 2.29. The number of nitrogens with zero attached hydrogens (tertiary/aromatic N) is 1. The zero-order valence-electron chi connectivity index (χ0n) is 13.2. The summed E-state index contributed by atoms with van der Waals surface area (Å²) in [5.41, 5.74) is 3.73. The predicted molar refractivity (Wildman–Crippen MR) is 89.5 cm³/mol. The van der Waals surface area contributed by atoms with Crippen molar-refractivity contribution in [2.24, 2.45) is 0 Å². The molecule has 2 nitrogen and oxygen atoms in total. The zero-order valence-corrected chi connectivity index (χ0v) is 13.2. The van der Waals surface area contributed by atoms with E-state index in [9.17, 15) is 4.79 Å². The fourth-order valence-electron chi connectivity index (χ4n) is 2.85. The van der Waals surface area contributed by atoms with Gasteiger partial charge >= 0.3 is 0 Å². The summed E-state index contributed by atoms with van der Waals surface area (Å²) in [5.74, 6) is 0.285. The van der Waals surface area contributed by atoms with E-state index in [1.807, 2.05) is 18.2 Å². The highest BCUT2D eigenvalue weighted by atomic mass is 16.2. The van der Waals surface area contributed by atoms with Crippen LogP contribution in [0, 0.1) is 6.92 Å². The fraction of sp³-hybridized carbons (Fsp3) is 0.350. The van der Waals surface area contributed by atoms with Crippen LogP contribution in [0.2, 0.25) is 0 Å². The topological polar surface area (TPSA) is 20.3 Å². The second kappa shape index (κ2) is 6.78. The second-order valence-electron chi connectivity index (χ2n) is 6.23. The van der Waals surface area contributed by atoms with E-state index < -0.39 is 0 Å². The Hall–Kier alpha value is -2.09. The first kappa shape index (κ1) is 14.8. The standard InChI is InChI=1S/C20H23NO/c1-16-6-5-9-17(14-16)10-13-20(22)21(19-11-12-19)15-18-7-3-2-4-8-18/h2-9,14,19H,10-13,15H2,1H3. The number of rotatable bonds is 6. The highest BCUT2D eigenvalue weighted by Gasteiger charge is 2.32. The minimum Gasteiger partial charge on any atom is -0.335 e. The van der Waals surface area contributed by atoms with Gasteiger partial charge in [-0.2, -0.15) is 0 Å². The Kier molecular flexibility index (Phi) is 4.57. The maximum atomic E-state index is 12.6. The molecule has 1 fully saturated rings. The van der Waals surface area contributed by atoms with Crippen LogP contribution < -0.4 is 0 Å². The van der Waals surface area contributed by atoms with Crippen LogP contribution in [0.25, 0.3) is 0 Å². The maximum Gasteiger partial charge on any atom is 0.223 e. The van der Waals surface area contributed by atoms with E-state index in [0.717, 1.165) is 25.8 Å². The van der Waals surface area contributed by atoms with Crippen molar-refractivity contribution in [1.82, 2.24) is 4.90 Å². The molecule has 0 heterocycles. The normalized spacial score (nSPS) is 13.9. The molecule has 1 aliphatic rings. The molecule has 2 heteroatoms. The van der Waals surface area contributed by atoms with Crippen molar-refractivity contribution in [3.8, 4) is 0 Å². The first-order valence-electron chi connectivity index (χ1n) is 8.11. The van der Waals surface area contributed by atoms with Gasteiger partial charge in [-0.25, -0.2) is 0 Å². The van der Waals surface area contributed by atoms with E-state index in [1.54, 1.807) is 0 Å². The molecule has 0 spiro atoms. The molecule has 0 bridgehead atoms. The number of hydrogen-bond acceptors (Lipinski definition) is 1. The van der Waals surface area contributed by atoms with Crippen LogP contribution in [0.5, 0.6) is 0 Å². The molecule has 1 saturated carbocycles. The van der Waals surface area contributed by atoms with Crippen molar-refractivity contribution in [3.05, 3.63) is 71.3 Å². The lowest BCUT2D eigenvalue weighted by Crippen LogP contribution is -2.32. The molecule has 3 rings (SSSR count). The molecule has 0 radical (unpaired) electrons. The zero-order chi connectivity index (χ0) is 15.4. The lowest BCUT2D eigenvalue weighted by atomic mass is 10.1. The minimum atomic E-state index is 0.285. The Morgan fingerprint density at radius 3 is 2.45 bits per heavy atom. The van der Waals surface area contributed by atoms with Crippen LogP contribution in [0.3, 0.4) is 0 Å². The molecule has 0 atom stereocenters. The largest absolute Gasteiger partial charge is 0.335 e. The molecule has 0 saturated heterocycles. The molecule has 0 N–H and O–H groups in total. The second-order valence-corrected chi connectivity index (χ2v) is 6.23. The average molecular weight is 293 g/mol. The van der Waals surface area contributed by atoms with Gasteiger partial charge in [-0.15, -0.1) is 0 Å². The minimum absolute atomic E-state index is 0.285. The molecule has 1 amide bonds. The maximum absolute atomic E-state index is 12.6. The number of aryl methyl sites for hydroxylation is 2. The summed E-state index contributed by atoms with van der Waals surface area (Å²) in [7, 11) is 0. The Bertz CT molecular complexity index is 631. The number of carbonyl (C=O) groups is 1. The third kappa shape index (κ3) is 3.97. The number of benzene rings is 2. The van der Waals surface area contributed by atoms with Gasteiger partial charge in [0.2, 0.25) is 5.91 Å². The molecular weight excluding hydrogens is 270 g/mol. The molecular formula is C20H23NO. The molecule has 22 heavy (non-hydrogen) atoms. The first-order chi connectivity index (χ1) is 10.7. The Morgan fingerprint density at radius 2 is 1.77 bits per heavy atom. The summed E-state index contributed by atoms with van der Waals surface area (Å²) in [5, 5.41) is 0. The van der Waals surface area contributed by atoms with E-state index in [4.69, 9.17) is 0 Å². The van der Waals surface area contributed by atoms with Crippen molar-refractivity contribution >= 4 is 5.91 Å². The van der Waals surface area contributed by atoms with E-state index in [2.05, 4.69) is 48.2 Å². The SMILES string of the molecule is Cc1cccc(CCC(=O)N(Cc2ccccc2)C2CC2)c1. The van der Waals surface area contributed by atoms with Gasteiger partial charge in [-0.3, -0.25) is 4.79 Å². The van der Waals surface area contributed by atoms with E-state index in [-0.39, 0.29) is 5.91 Å². The van der Waals surface area contributed by atoms with Gasteiger partial charge in [0, 0.05) is 19.0 Å². The van der Waals surface area contributed by atoms with Gasteiger partial charge in [0.05, 0.1) is 0 Å². The van der Waals surface area contributed by atoms with Crippen LogP contribution in [-0.2, 0) is 17.8 Å². The number of carbonyl (C=O) groups excluding carboxylic acids is 1. The molecule has 2 aromatic rings. The Labute approximate surface area is 132 Å². The van der Waals surface area contributed by atoms with Crippen LogP contribution >= 0.6 is 0 Å². The van der Waals surface area contributed by atoms with Crippen molar-refractivity contribution in [2.45, 2.75) is 45.2 Å². The lowest BCUT2D eigenvalue weighted by Gasteiger charge is -2.22. The summed E-state index contributed by atoms with van der Waals surface area (Å²) in [4.78, 5) is 14.7. The predicted octanol–water partition coefficient (Wildman–Crippen LogP) is 4.12. The van der Waals surface area contributed by atoms with Crippen LogP contribution in [0.4, 0.5) is 0 Å². The van der Waals surface area contributed by atoms with Gasteiger partial charge < -0.3 is 4.90 Å². The van der Waals surface area contributed by atoms with E-state index in [0.29, 0.717) is 12.5 Å². The summed E-state index contributed by atoms with van der Waals surface area (Å²) in [6.07, 6.45) is 3.75. The number of hydrogen-bond donors (Lipinski definition) is 0. The quantitative estimate of drug-likeness (QED) is 0.784. The summed E-state index contributed by atoms with van der Waals surface area (Å²) >= 11 is 0. The molecule has 0 aliphatic heterocycles. The molecule has 0 aromatic heterocycles. The van der Waals surface area contributed by atoms with Gasteiger partial charge in [0.25, 0.3) is 0 Å². The molecule has 0 unspecified atom stereocenters. The first-order valence-corrected chi connectivity index (χ1v) is 8.11. The third-order valence-electron chi connectivity index (χ3n) is 4.21. The smallest absolute Gasteiger partial charge is 0.223 e. The summed E-state index contributed by atoms with van der Waals surface area (Å²) in [6, 6.07) is 19.2. The molecule has 1 aliphatic carbocycles. The van der Waals surface area contributed by atoms with Crippen molar-refractivity contribution in [1.29, 1.82) is 0 Å². The van der Waals surface area contributed by atoms with Crippen LogP contribution in [-0.4, -0.2) is 16.8 Å². The third-order valence-corrected chi connectivity index (χ3v) is 4.21. The van der Waals surface area contributed by atoms with E-state index in [1.165, 1.54) is 16.7 Å². The lowest BCUT2D eigenvalue weighted by molar-refractivity contribution is -0.132. The van der Waals surface area contributed by atoms with Crippen LogP contribution in [0.1, 0.15) is 36.0 Å². The summed E-state index contributed by atoms with van der Waals surface area (Å²) < 4.78 is 0. The van der Waals surface area contributed by atoms with Gasteiger partial charge in [-0.05, 0) is 37.3 Å².